The van der Waals surface area contributed by atoms with Gasteiger partial charge in [0.05, 0.1) is 56.5 Å². The van der Waals surface area contributed by atoms with Gasteiger partial charge in [-0.1, -0.05) is 24.3 Å². The number of para-hydroxylation sites is 4. The molecule has 1 amide bonds. The fourth-order valence-corrected chi connectivity index (χ4v) is 4.97. The van der Waals surface area contributed by atoms with Gasteiger partial charge in [-0.2, -0.15) is 0 Å². The van der Waals surface area contributed by atoms with Gasteiger partial charge in [0.15, 0.2) is 5.95 Å². The van der Waals surface area contributed by atoms with Crippen LogP contribution in [-0.2, 0) is 14.1 Å². The Kier molecular flexibility index (Phi) is 8.95. The molecule has 8 aromatic rings. The number of imidazole rings is 2. The molecule has 4 aromatic heterocycles. The lowest BCUT2D eigenvalue weighted by atomic mass is 10.1. The average Bonchev–Trinajstić information content (AvgIpc) is 3.70. The summed E-state index contributed by atoms with van der Waals surface area (Å²) in [6.07, 6.45) is 2.85. The molecule has 49 heavy (non-hydrogen) atoms. The van der Waals surface area contributed by atoms with Crippen molar-refractivity contribution in [2.24, 2.45) is 14.1 Å². The van der Waals surface area contributed by atoms with Crippen molar-refractivity contribution in [3.8, 4) is 0 Å². The summed E-state index contributed by atoms with van der Waals surface area (Å²) in [5.41, 5.74) is 10.4. The highest BCUT2D eigenvalue weighted by atomic mass is 35.5. The molecule has 0 atom stereocenters. The standard InChI is InChI=1S/C17H13N5O2.C10H7ClN2O2.C7H7N3/c1-22-9-18-14-8-10(6-7-11(14)16(22)24)15(23)21-17-19-12-4-2-3-5-13(12)20-17;1-13-5-12-8-4-6(9(11)14)2-3-7(8)10(13)15;8-7-9-5-3-1-2-4-6(5)10-7/h2-9H,1H3,(H2,19,20,21,23);2-5H,1H3;1-4H,(H3,8,9,10). The van der Waals surface area contributed by atoms with Gasteiger partial charge in [-0.15, -0.1) is 0 Å². The summed E-state index contributed by atoms with van der Waals surface area (Å²) in [6, 6.07) is 24.6. The topological polar surface area (TPSA) is 199 Å². The number of H-pyrrole nitrogens is 2. The Morgan fingerprint density at radius 1 is 0.694 bits per heavy atom. The van der Waals surface area contributed by atoms with Gasteiger partial charge in [0.1, 0.15) is 0 Å². The molecule has 244 valence electrons. The van der Waals surface area contributed by atoms with Crippen molar-refractivity contribution in [1.29, 1.82) is 0 Å². The molecule has 4 heterocycles. The van der Waals surface area contributed by atoms with Crippen LogP contribution in [-0.4, -0.2) is 50.2 Å². The van der Waals surface area contributed by atoms with Crippen molar-refractivity contribution in [3.05, 3.63) is 129 Å². The molecule has 0 aliphatic carbocycles. The van der Waals surface area contributed by atoms with Gasteiger partial charge in [0.25, 0.3) is 22.3 Å². The number of carbonyl (C=O) groups excluding carboxylic acids is 2. The summed E-state index contributed by atoms with van der Waals surface area (Å²) < 4.78 is 2.78. The van der Waals surface area contributed by atoms with Crippen molar-refractivity contribution in [3.63, 3.8) is 0 Å². The molecule has 0 bridgehead atoms. The second-order valence-corrected chi connectivity index (χ2v) is 11.1. The number of aromatic amines is 2. The summed E-state index contributed by atoms with van der Waals surface area (Å²) in [6.45, 7) is 0. The van der Waals surface area contributed by atoms with Crippen molar-refractivity contribution in [2.75, 3.05) is 11.1 Å². The quantitative estimate of drug-likeness (QED) is 0.195. The molecule has 14 nitrogen and oxygen atoms in total. The predicted octanol–water partition coefficient (Wildman–Crippen LogP) is 4.52. The zero-order chi connectivity index (χ0) is 34.7. The normalized spacial score (nSPS) is 10.8. The van der Waals surface area contributed by atoms with Crippen LogP contribution in [0.1, 0.15) is 20.7 Å². The second kappa shape index (κ2) is 13.6. The lowest BCUT2D eigenvalue weighted by Gasteiger charge is -2.04. The van der Waals surface area contributed by atoms with Crippen molar-refractivity contribution in [1.82, 2.24) is 39.0 Å². The molecular formula is C34H27ClN10O4. The van der Waals surface area contributed by atoms with Gasteiger partial charge in [0.2, 0.25) is 5.95 Å². The maximum Gasteiger partial charge on any atom is 0.260 e. The number of aromatic nitrogens is 8. The Balaban J connectivity index is 0.000000141. The number of nitrogens with two attached hydrogens (primary N) is 1. The highest BCUT2D eigenvalue weighted by Gasteiger charge is 2.12. The predicted molar refractivity (Wildman–Crippen MR) is 189 cm³/mol. The van der Waals surface area contributed by atoms with Crippen LogP contribution in [0.15, 0.2) is 107 Å². The molecule has 0 saturated heterocycles. The highest BCUT2D eigenvalue weighted by molar-refractivity contribution is 6.67. The van der Waals surface area contributed by atoms with E-state index in [1.165, 1.54) is 33.9 Å². The monoisotopic (exact) mass is 674 g/mol. The van der Waals surface area contributed by atoms with Gasteiger partial charge in [-0.3, -0.25) is 24.5 Å². The number of rotatable bonds is 3. The van der Waals surface area contributed by atoms with Gasteiger partial charge < -0.3 is 24.8 Å². The smallest absolute Gasteiger partial charge is 0.260 e. The number of nitrogens with one attached hydrogen (secondary N) is 3. The summed E-state index contributed by atoms with van der Waals surface area (Å²) in [5.74, 6) is 0.526. The number of carbonyl (C=O) groups is 2. The van der Waals surface area contributed by atoms with Gasteiger partial charge in [0, 0.05) is 25.2 Å². The average molecular weight is 675 g/mol. The van der Waals surface area contributed by atoms with E-state index < -0.39 is 5.24 Å². The summed E-state index contributed by atoms with van der Waals surface area (Å²) >= 11 is 5.32. The third-order valence-corrected chi connectivity index (χ3v) is 7.57. The van der Waals surface area contributed by atoms with E-state index in [0.717, 1.165) is 22.1 Å². The number of hydrogen-bond acceptors (Lipinski definition) is 9. The lowest BCUT2D eigenvalue weighted by Crippen LogP contribution is -2.18. The molecule has 0 saturated carbocycles. The Morgan fingerprint density at radius 2 is 1.20 bits per heavy atom. The zero-order valence-electron chi connectivity index (χ0n) is 26.0. The first-order valence-electron chi connectivity index (χ1n) is 14.6. The van der Waals surface area contributed by atoms with E-state index in [1.807, 2.05) is 48.5 Å². The summed E-state index contributed by atoms with van der Waals surface area (Å²) in [7, 11) is 3.26. The molecule has 0 spiro atoms. The maximum atomic E-state index is 12.4. The number of nitrogen functional groups attached to an aromatic ring is 1. The first-order chi connectivity index (χ1) is 23.6. The number of amides is 1. The minimum atomic E-state index is -0.556. The van der Waals surface area contributed by atoms with Gasteiger partial charge >= 0.3 is 0 Å². The largest absolute Gasteiger partial charge is 0.369 e. The molecule has 0 unspecified atom stereocenters. The molecule has 0 fully saturated rings. The van der Waals surface area contributed by atoms with E-state index in [1.54, 1.807) is 38.4 Å². The van der Waals surface area contributed by atoms with Crippen molar-refractivity contribution < 1.29 is 9.59 Å². The van der Waals surface area contributed by atoms with Crippen LogP contribution in [0.2, 0.25) is 0 Å². The molecule has 4 aromatic carbocycles. The highest BCUT2D eigenvalue weighted by Crippen LogP contribution is 2.16. The fraction of sp³-hybridized carbons (Fsp3) is 0.0588. The van der Waals surface area contributed by atoms with Crippen LogP contribution in [0.3, 0.4) is 0 Å². The van der Waals surface area contributed by atoms with E-state index >= 15 is 0 Å². The number of fused-ring (bicyclic) bond motifs is 4. The minimum Gasteiger partial charge on any atom is -0.369 e. The van der Waals surface area contributed by atoms with Crippen LogP contribution >= 0.6 is 11.6 Å². The Hall–Kier alpha value is -6.67. The number of anilines is 2. The first kappa shape index (κ1) is 32.3. The third-order valence-electron chi connectivity index (χ3n) is 7.36. The van der Waals surface area contributed by atoms with Crippen molar-refractivity contribution >= 4 is 78.5 Å². The van der Waals surface area contributed by atoms with E-state index in [4.69, 9.17) is 17.3 Å². The number of hydrogen-bond donors (Lipinski definition) is 4. The fourth-order valence-electron chi connectivity index (χ4n) is 4.85. The SMILES string of the molecule is Cn1cnc2cc(C(=O)Cl)ccc2c1=O.Cn1cnc2cc(C(=O)Nc3nc4ccccc4[nH]3)ccc2c1=O.Nc1nc2ccccc2[nH]1. The van der Waals surface area contributed by atoms with Crippen LogP contribution < -0.4 is 22.2 Å². The maximum absolute atomic E-state index is 12.4. The molecule has 0 radical (unpaired) electrons. The second-order valence-electron chi connectivity index (χ2n) is 10.8. The van der Waals surface area contributed by atoms with Crippen LogP contribution in [0.25, 0.3) is 43.9 Å². The van der Waals surface area contributed by atoms with Gasteiger partial charge in [-0.05, 0) is 72.3 Å². The van der Waals surface area contributed by atoms with Crippen LogP contribution in [0.5, 0.6) is 0 Å². The first-order valence-corrected chi connectivity index (χ1v) is 15.0. The Morgan fingerprint density at radius 3 is 1.76 bits per heavy atom. The lowest BCUT2D eigenvalue weighted by molar-refractivity contribution is 0.102. The summed E-state index contributed by atoms with van der Waals surface area (Å²) in [4.78, 5) is 69.5. The Labute approximate surface area is 281 Å². The Bertz CT molecular complexity index is 2570. The third kappa shape index (κ3) is 7.03. The molecule has 0 aliphatic rings. The molecule has 0 aliphatic heterocycles. The molecule has 5 N–H and O–H groups in total. The van der Waals surface area contributed by atoms with E-state index in [-0.39, 0.29) is 17.0 Å². The number of halogens is 1. The zero-order valence-corrected chi connectivity index (χ0v) is 26.8. The number of nitrogens with zero attached hydrogens (tertiary/aromatic N) is 6. The van der Waals surface area contributed by atoms with E-state index in [9.17, 15) is 19.2 Å². The van der Waals surface area contributed by atoms with Crippen molar-refractivity contribution in [2.45, 2.75) is 0 Å². The summed E-state index contributed by atoms with van der Waals surface area (Å²) in [5, 5.41) is 3.11. The van der Waals surface area contributed by atoms with E-state index in [2.05, 4.69) is 35.2 Å². The van der Waals surface area contributed by atoms with Crippen LogP contribution in [0, 0.1) is 0 Å². The van der Waals surface area contributed by atoms with E-state index in [0.29, 0.717) is 44.8 Å². The molecule has 8 rings (SSSR count). The van der Waals surface area contributed by atoms with Crippen LogP contribution in [0.4, 0.5) is 11.9 Å². The number of aryl methyl sites for hydroxylation is 2. The minimum absolute atomic E-state index is 0.145. The molecule has 15 heteroatoms. The van der Waals surface area contributed by atoms with Gasteiger partial charge in [-0.25, -0.2) is 19.9 Å². The molecular weight excluding hydrogens is 648 g/mol. The number of benzene rings is 4.